The second kappa shape index (κ2) is 9.93. The zero-order chi connectivity index (χ0) is 20.7. The molecule has 0 saturated heterocycles. The number of carbonyl (C=O) groups excluding carboxylic acids is 2. The van der Waals surface area contributed by atoms with Crippen LogP contribution < -0.4 is 0 Å². The molecule has 150 valence electrons. The minimum Gasteiger partial charge on any atom is -0.353 e. The molecule has 0 radical (unpaired) electrons. The lowest BCUT2D eigenvalue weighted by Crippen LogP contribution is -2.44. The summed E-state index contributed by atoms with van der Waals surface area (Å²) in [6.45, 7) is 11.4. The fourth-order valence-electron chi connectivity index (χ4n) is 3.07. The van der Waals surface area contributed by atoms with E-state index in [0.29, 0.717) is 31.1 Å². The lowest BCUT2D eigenvalue weighted by atomic mass is 10.1. The molecule has 5 heteroatoms. The maximum Gasteiger partial charge on any atom is 0.254 e. The van der Waals surface area contributed by atoms with E-state index in [0.717, 1.165) is 11.3 Å². The monoisotopic (exact) mass is 381 g/mol. The summed E-state index contributed by atoms with van der Waals surface area (Å²) in [6.07, 6.45) is 3.63. The van der Waals surface area contributed by atoms with Crippen molar-refractivity contribution >= 4 is 11.8 Å². The molecule has 0 saturated carbocycles. The molecular formula is C23H31N3O2. The number of amides is 2. The molecule has 0 unspecified atom stereocenters. The normalized spacial score (nSPS) is 10.8. The van der Waals surface area contributed by atoms with Crippen LogP contribution in [0.2, 0.25) is 0 Å². The average Bonchev–Trinajstić information content (AvgIpc) is 3.05. The van der Waals surface area contributed by atoms with Gasteiger partial charge in [-0.1, -0.05) is 37.6 Å². The molecule has 1 aromatic carbocycles. The molecule has 2 rings (SSSR count). The number of aromatic nitrogens is 1. The summed E-state index contributed by atoms with van der Waals surface area (Å²) in [7, 11) is 1.97. The van der Waals surface area contributed by atoms with Crippen LogP contribution >= 0.6 is 0 Å². The Morgan fingerprint density at radius 1 is 1.14 bits per heavy atom. The van der Waals surface area contributed by atoms with Gasteiger partial charge in [0.15, 0.2) is 0 Å². The van der Waals surface area contributed by atoms with Gasteiger partial charge in [0.05, 0.1) is 6.54 Å². The Bertz CT molecular complexity index is 806. The van der Waals surface area contributed by atoms with Crippen LogP contribution in [-0.4, -0.2) is 45.8 Å². The number of aryl methyl sites for hydroxylation is 2. The zero-order valence-electron chi connectivity index (χ0n) is 17.4. The highest BCUT2D eigenvalue weighted by Gasteiger charge is 2.22. The molecule has 0 aliphatic rings. The number of rotatable bonds is 9. The summed E-state index contributed by atoms with van der Waals surface area (Å²) in [5.74, 6) is 0.124. The third-order valence-corrected chi connectivity index (χ3v) is 4.60. The van der Waals surface area contributed by atoms with E-state index in [-0.39, 0.29) is 18.4 Å². The van der Waals surface area contributed by atoms with Gasteiger partial charge in [0.2, 0.25) is 5.91 Å². The molecular weight excluding hydrogens is 350 g/mol. The summed E-state index contributed by atoms with van der Waals surface area (Å²) in [5.41, 5.74) is 2.74. The SMILES string of the molecule is C=CCN(CC(=O)N(Cc1cccn1C)CC(C)C)C(=O)c1ccc(C)cc1. The Balaban J connectivity index is 2.16. The molecule has 1 heterocycles. The van der Waals surface area contributed by atoms with Crippen molar-refractivity contribution in [2.24, 2.45) is 13.0 Å². The number of hydrogen-bond acceptors (Lipinski definition) is 2. The fraction of sp³-hybridized carbons (Fsp3) is 0.391. The van der Waals surface area contributed by atoms with Crippen molar-refractivity contribution in [3.63, 3.8) is 0 Å². The molecule has 0 aliphatic heterocycles. The van der Waals surface area contributed by atoms with Gasteiger partial charge in [0.25, 0.3) is 5.91 Å². The minimum absolute atomic E-state index is 0.0376. The third kappa shape index (κ3) is 5.84. The van der Waals surface area contributed by atoms with E-state index in [1.807, 2.05) is 53.9 Å². The Morgan fingerprint density at radius 2 is 1.82 bits per heavy atom. The van der Waals surface area contributed by atoms with Crippen molar-refractivity contribution in [1.29, 1.82) is 0 Å². The largest absolute Gasteiger partial charge is 0.353 e. The molecule has 5 nitrogen and oxygen atoms in total. The van der Waals surface area contributed by atoms with Crippen LogP contribution in [0.25, 0.3) is 0 Å². The topological polar surface area (TPSA) is 45.6 Å². The molecule has 2 amide bonds. The predicted octanol–water partition coefficient (Wildman–Crippen LogP) is 3.65. The summed E-state index contributed by atoms with van der Waals surface area (Å²) in [5, 5.41) is 0. The van der Waals surface area contributed by atoms with Crippen molar-refractivity contribution in [3.05, 3.63) is 72.1 Å². The predicted molar refractivity (Wildman–Crippen MR) is 113 cm³/mol. The number of nitrogens with zero attached hydrogens (tertiary/aromatic N) is 3. The first-order valence-corrected chi connectivity index (χ1v) is 9.66. The molecule has 0 bridgehead atoms. The van der Waals surface area contributed by atoms with Crippen molar-refractivity contribution in [3.8, 4) is 0 Å². The van der Waals surface area contributed by atoms with Crippen LogP contribution in [0, 0.1) is 12.8 Å². The molecule has 0 spiro atoms. The van der Waals surface area contributed by atoms with Crippen molar-refractivity contribution in [2.45, 2.75) is 27.3 Å². The molecule has 0 N–H and O–H groups in total. The van der Waals surface area contributed by atoms with Gasteiger partial charge in [0.1, 0.15) is 6.54 Å². The fourth-order valence-corrected chi connectivity index (χ4v) is 3.07. The first-order valence-electron chi connectivity index (χ1n) is 9.66. The highest BCUT2D eigenvalue weighted by molar-refractivity contribution is 5.96. The molecule has 0 atom stereocenters. The van der Waals surface area contributed by atoms with Gasteiger partial charge in [-0.05, 0) is 37.1 Å². The van der Waals surface area contributed by atoms with Gasteiger partial charge in [-0.25, -0.2) is 0 Å². The van der Waals surface area contributed by atoms with E-state index in [1.165, 1.54) is 0 Å². The van der Waals surface area contributed by atoms with Crippen LogP contribution in [0.5, 0.6) is 0 Å². The van der Waals surface area contributed by atoms with Crippen LogP contribution in [0.4, 0.5) is 0 Å². The second-order valence-electron chi connectivity index (χ2n) is 7.62. The highest BCUT2D eigenvalue weighted by Crippen LogP contribution is 2.11. The molecule has 2 aromatic rings. The maximum absolute atomic E-state index is 13.1. The summed E-state index contributed by atoms with van der Waals surface area (Å²) in [6, 6.07) is 11.4. The zero-order valence-corrected chi connectivity index (χ0v) is 17.4. The number of benzene rings is 1. The second-order valence-corrected chi connectivity index (χ2v) is 7.62. The number of carbonyl (C=O) groups is 2. The molecule has 1 aromatic heterocycles. The summed E-state index contributed by atoms with van der Waals surface area (Å²) >= 11 is 0. The standard InChI is InChI=1S/C23H31N3O2/c1-6-13-25(23(28)20-11-9-19(4)10-12-20)17-22(27)26(15-18(2)3)16-21-8-7-14-24(21)5/h6-12,14,18H,1,13,15-17H2,2-5H3. The molecule has 0 aliphatic carbocycles. The molecule has 28 heavy (non-hydrogen) atoms. The summed E-state index contributed by atoms with van der Waals surface area (Å²) in [4.78, 5) is 29.4. The summed E-state index contributed by atoms with van der Waals surface area (Å²) < 4.78 is 2.01. The van der Waals surface area contributed by atoms with Crippen molar-refractivity contribution in [2.75, 3.05) is 19.6 Å². The van der Waals surface area contributed by atoms with Gasteiger partial charge in [-0.15, -0.1) is 6.58 Å². The molecule has 0 fully saturated rings. The van der Waals surface area contributed by atoms with E-state index in [1.54, 1.807) is 23.1 Å². The van der Waals surface area contributed by atoms with Gasteiger partial charge in [-0.2, -0.15) is 0 Å². The Hall–Kier alpha value is -2.82. The van der Waals surface area contributed by atoms with Crippen LogP contribution in [0.15, 0.2) is 55.3 Å². The quantitative estimate of drug-likeness (QED) is 0.623. The van der Waals surface area contributed by atoms with E-state index >= 15 is 0 Å². The lowest BCUT2D eigenvalue weighted by Gasteiger charge is -2.28. The van der Waals surface area contributed by atoms with E-state index in [4.69, 9.17) is 0 Å². The van der Waals surface area contributed by atoms with Gasteiger partial charge >= 0.3 is 0 Å². The first-order chi connectivity index (χ1) is 13.3. The van der Waals surface area contributed by atoms with Crippen molar-refractivity contribution < 1.29 is 9.59 Å². The minimum atomic E-state index is -0.156. The third-order valence-electron chi connectivity index (χ3n) is 4.60. The van der Waals surface area contributed by atoms with E-state index < -0.39 is 0 Å². The van der Waals surface area contributed by atoms with Crippen LogP contribution in [-0.2, 0) is 18.4 Å². The van der Waals surface area contributed by atoms with E-state index in [9.17, 15) is 9.59 Å². The lowest BCUT2D eigenvalue weighted by molar-refractivity contribution is -0.133. The Labute approximate surface area is 168 Å². The Morgan fingerprint density at radius 3 is 2.36 bits per heavy atom. The Kier molecular flexibility index (Phi) is 7.61. The van der Waals surface area contributed by atoms with Crippen LogP contribution in [0.1, 0.15) is 35.5 Å². The number of hydrogen-bond donors (Lipinski definition) is 0. The van der Waals surface area contributed by atoms with Gasteiger partial charge in [0, 0.05) is 37.6 Å². The van der Waals surface area contributed by atoms with E-state index in [2.05, 4.69) is 20.4 Å². The maximum atomic E-state index is 13.1. The van der Waals surface area contributed by atoms with Crippen LogP contribution in [0.3, 0.4) is 0 Å². The van der Waals surface area contributed by atoms with Gasteiger partial charge < -0.3 is 14.4 Å². The van der Waals surface area contributed by atoms with Gasteiger partial charge in [-0.3, -0.25) is 9.59 Å². The van der Waals surface area contributed by atoms with Crippen molar-refractivity contribution in [1.82, 2.24) is 14.4 Å². The average molecular weight is 382 g/mol. The highest BCUT2D eigenvalue weighted by atomic mass is 16.2. The smallest absolute Gasteiger partial charge is 0.254 e. The first kappa shape index (κ1) is 21.5.